The van der Waals surface area contributed by atoms with Gasteiger partial charge in [-0.25, -0.2) is 0 Å². The normalized spacial score (nSPS) is 12.2. The van der Waals surface area contributed by atoms with Gasteiger partial charge in [0.1, 0.15) is 5.75 Å². The van der Waals surface area contributed by atoms with Crippen molar-refractivity contribution >= 4 is 11.6 Å². The first-order chi connectivity index (χ1) is 9.10. The van der Waals surface area contributed by atoms with E-state index in [1.54, 1.807) is 7.11 Å². The Hall–Kier alpha value is -1.47. The molecular formula is C17H19ClO. The summed E-state index contributed by atoms with van der Waals surface area (Å²) in [5.74, 6) is 0.876. The van der Waals surface area contributed by atoms with E-state index in [-0.39, 0.29) is 5.38 Å². The third kappa shape index (κ3) is 3.51. The van der Waals surface area contributed by atoms with Crippen LogP contribution in [0.1, 0.15) is 27.6 Å². The number of hydrogen-bond donors (Lipinski definition) is 0. The zero-order valence-corrected chi connectivity index (χ0v) is 12.4. The number of hydrogen-bond acceptors (Lipinski definition) is 1. The standard InChI is InChI=1S/C17H19ClO/c1-12-4-9-16(13(2)10-12)17(18)11-14-5-7-15(19-3)8-6-14/h4-10,17H,11H2,1-3H3. The van der Waals surface area contributed by atoms with E-state index in [2.05, 4.69) is 44.2 Å². The SMILES string of the molecule is COc1ccc(CC(Cl)c2ccc(C)cc2C)cc1. The molecule has 2 aromatic rings. The number of aryl methyl sites for hydroxylation is 2. The van der Waals surface area contributed by atoms with Crippen LogP contribution >= 0.6 is 11.6 Å². The first-order valence-electron chi connectivity index (χ1n) is 6.44. The first kappa shape index (κ1) is 14.0. The quantitative estimate of drug-likeness (QED) is 0.725. The summed E-state index contributed by atoms with van der Waals surface area (Å²) in [7, 11) is 1.68. The van der Waals surface area contributed by atoms with E-state index in [4.69, 9.17) is 16.3 Å². The molecular weight excluding hydrogens is 256 g/mol. The van der Waals surface area contributed by atoms with Crippen LogP contribution in [0.15, 0.2) is 42.5 Å². The average molecular weight is 275 g/mol. The molecule has 0 radical (unpaired) electrons. The van der Waals surface area contributed by atoms with Crippen LogP contribution in [0.25, 0.3) is 0 Å². The fourth-order valence-corrected chi connectivity index (χ4v) is 2.68. The molecule has 0 bridgehead atoms. The highest BCUT2D eigenvalue weighted by Gasteiger charge is 2.11. The molecule has 0 aliphatic carbocycles. The lowest BCUT2D eigenvalue weighted by atomic mass is 9.98. The van der Waals surface area contributed by atoms with Crippen LogP contribution in [0.5, 0.6) is 5.75 Å². The molecule has 0 aliphatic heterocycles. The summed E-state index contributed by atoms with van der Waals surface area (Å²) in [4.78, 5) is 0. The largest absolute Gasteiger partial charge is 0.497 e. The van der Waals surface area contributed by atoms with Gasteiger partial charge in [-0.2, -0.15) is 0 Å². The fraction of sp³-hybridized carbons (Fsp3) is 0.294. The van der Waals surface area contributed by atoms with Crippen molar-refractivity contribution < 1.29 is 4.74 Å². The van der Waals surface area contributed by atoms with E-state index in [0.717, 1.165) is 12.2 Å². The molecule has 2 rings (SSSR count). The molecule has 0 aliphatic rings. The Bertz CT molecular complexity index is 546. The van der Waals surface area contributed by atoms with Gasteiger partial charge in [0.05, 0.1) is 12.5 Å². The minimum atomic E-state index is 0.00833. The van der Waals surface area contributed by atoms with Crippen molar-refractivity contribution in [2.45, 2.75) is 25.6 Å². The number of halogens is 1. The van der Waals surface area contributed by atoms with Gasteiger partial charge in [-0.3, -0.25) is 0 Å². The van der Waals surface area contributed by atoms with Crippen LogP contribution in [-0.2, 0) is 6.42 Å². The van der Waals surface area contributed by atoms with E-state index >= 15 is 0 Å². The van der Waals surface area contributed by atoms with Gasteiger partial charge < -0.3 is 4.74 Å². The van der Waals surface area contributed by atoms with Gasteiger partial charge >= 0.3 is 0 Å². The summed E-state index contributed by atoms with van der Waals surface area (Å²) < 4.78 is 5.16. The van der Waals surface area contributed by atoms with E-state index in [1.165, 1.54) is 22.3 Å². The maximum absolute atomic E-state index is 6.54. The number of ether oxygens (including phenoxy) is 1. The molecule has 0 heterocycles. The highest BCUT2D eigenvalue weighted by atomic mass is 35.5. The number of alkyl halides is 1. The Morgan fingerprint density at radius 2 is 1.74 bits per heavy atom. The molecule has 0 fully saturated rings. The van der Waals surface area contributed by atoms with E-state index in [0.29, 0.717) is 0 Å². The molecule has 0 amide bonds. The third-order valence-corrected chi connectivity index (χ3v) is 3.73. The van der Waals surface area contributed by atoms with Crippen LogP contribution < -0.4 is 4.74 Å². The molecule has 0 saturated carbocycles. The number of rotatable bonds is 4. The van der Waals surface area contributed by atoms with Gasteiger partial charge in [-0.15, -0.1) is 11.6 Å². The maximum atomic E-state index is 6.54. The Morgan fingerprint density at radius 1 is 1.05 bits per heavy atom. The monoisotopic (exact) mass is 274 g/mol. The topological polar surface area (TPSA) is 9.23 Å². The fourth-order valence-electron chi connectivity index (χ4n) is 2.26. The second kappa shape index (κ2) is 6.12. The van der Waals surface area contributed by atoms with Crippen molar-refractivity contribution in [2.75, 3.05) is 7.11 Å². The van der Waals surface area contributed by atoms with Crippen LogP contribution in [0.4, 0.5) is 0 Å². The van der Waals surface area contributed by atoms with Crippen LogP contribution in [-0.4, -0.2) is 7.11 Å². The van der Waals surface area contributed by atoms with E-state index in [1.807, 2.05) is 12.1 Å². The maximum Gasteiger partial charge on any atom is 0.118 e. The number of methoxy groups -OCH3 is 1. The average Bonchev–Trinajstić information content (AvgIpc) is 2.39. The van der Waals surface area contributed by atoms with E-state index in [9.17, 15) is 0 Å². The van der Waals surface area contributed by atoms with Gasteiger partial charge in [-0.05, 0) is 49.1 Å². The van der Waals surface area contributed by atoms with Crippen molar-refractivity contribution in [1.29, 1.82) is 0 Å². The Balaban J connectivity index is 2.13. The van der Waals surface area contributed by atoms with Crippen molar-refractivity contribution in [2.24, 2.45) is 0 Å². The third-order valence-electron chi connectivity index (χ3n) is 3.34. The zero-order chi connectivity index (χ0) is 13.8. The molecule has 2 heteroatoms. The second-order valence-corrected chi connectivity index (χ2v) is 5.41. The molecule has 1 unspecified atom stereocenters. The summed E-state index contributed by atoms with van der Waals surface area (Å²) in [5.41, 5.74) is 4.96. The van der Waals surface area contributed by atoms with Crippen LogP contribution in [0.2, 0.25) is 0 Å². The summed E-state index contributed by atoms with van der Waals surface area (Å²) in [6, 6.07) is 14.5. The molecule has 19 heavy (non-hydrogen) atoms. The van der Waals surface area contributed by atoms with Crippen molar-refractivity contribution in [3.05, 3.63) is 64.7 Å². The van der Waals surface area contributed by atoms with Gasteiger partial charge in [0.25, 0.3) is 0 Å². The smallest absolute Gasteiger partial charge is 0.118 e. The predicted octanol–water partition coefficient (Wildman–Crippen LogP) is 4.83. The highest BCUT2D eigenvalue weighted by Crippen LogP contribution is 2.28. The number of benzene rings is 2. The Kier molecular flexibility index (Phi) is 4.49. The van der Waals surface area contributed by atoms with E-state index < -0.39 is 0 Å². The lowest BCUT2D eigenvalue weighted by Gasteiger charge is -2.14. The molecule has 100 valence electrons. The molecule has 0 spiro atoms. The Morgan fingerprint density at radius 3 is 2.32 bits per heavy atom. The molecule has 1 atom stereocenters. The predicted molar refractivity (Wildman–Crippen MR) is 81.2 cm³/mol. The molecule has 0 aromatic heterocycles. The summed E-state index contributed by atoms with van der Waals surface area (Å²) in [6.45, 7) is 4.22. The molecule has 0 saturated heterocycles. The first-order valence-corrected chi connectivity index (χ1v) is 6.88. The van der Waals surface area contributed by atoms with Crippen LogP contribution in [0.3, 0.4) is 0 Å². The highest BCUT2D eigenvalue weighted by molar-refractivity contribution is 6.21. The lowest BCUT2D eigenvalue weighted by molar-refractivity contribution is 0.414. The lowest BCUT2D eigenvalue weighted by Crippen LogP contribution is -1.99. The van der Waals surface area contributed by atoms with Gasteiger partial charge in [-0.1, -0.05) is 35.9 Å². The van der Waals surface area contributed by atoms with Gasteiger partial charge in [0.15, 0.2) is 0 Å². The zero-order valence-electron chi connectivity index (χ0n) is 11.6. The van der Waals surface area contributed by atoms with Crippen molar-refractivity contribution in [3.8, 4) is 5.75 Å². The van der Waals surface area contributed by atoms with Crippen LogP contribution in [0, 0.1) is 13.8 Å². The molecule has 2 aromatic carbocycles. The van der Waals surface area contributed by atoms with Gasteiger partial charge in [0, 0.05) is 0 Å². The summed E-state index contributed by atoms with van der Waals surface area (Å²) >= 11 is 6.54. The Labute approximate surface area is 120 Å². The second-order valence-electron chi connectivity index (χ2n) is 4.88. The van der Waals surface area contributed by atoms with Gasteiger partial charge in [0.2, 0.25) is 0 Å². The summed E-state index contributed by atoms with van der Waals surface area (Å²) in [5, 5.41) is 0.00833. The summed E-state index contributed by atoms with van der Waals surface area (Å²) in [6.07, 6.45) is 0.829. The van der Waals surface area contributed by atoms with Crippen molar-refractivity contribution in [1.82, 2.24) is 0 Å². The molecule has 0 N–H and O–H groups in total. The minimum Gasteiger partial charge on any atom is -0.497 e. The van der Waals surface area contributed by atoms with Crippen molar-refractivity contribution in [3.63, 3.8) is 0 Å². The molecule has 1 nitrogen and oxygen atoms in total. The minimum absolute atomic E-state index is 0.00833.